The lowest BCUT2D eigenvalue weighted by Gasteiger charge is -2.38. The van der Waals surface area contributed by atoms with Crippen LogP contribution in [0.25, 0.3) is 0 Å². The fourth-order valence-electron chi connectivity index (χ4n) is 2.20. The second-order valence-electron chi connectivity index (χ2n) is 7.71. The first kappa shape index (κ1) is 18.5. The molecule has 0 aromatic carbocycles. The van der Waals surface area contributed by atoms with Gasteiger partial charge < -0.3 is 14.6 Å². The van der Waals surface area contributed by atoms with Gasteiger partial charge in [0.05, 0.1) is 6.10 Å². The Balaban J connectivity index is 2.87. The maximum absolute atomic E-state index is 12.3. The van der Waals surface area contributed by atoms with Crippen LogP contribution in [0.1, 0.15) is 54.9 Å². The number of amides is 2. The number of aliphatic hydroxyl groups is 1. The Kier molecular flexibility index (Phi) is 5.01. The lowest BCUT2D eigenvalue weighted by molar-refractivity contribution is -0.0255. The highest BCUT2D eigenvalue weighted by molar-refractivity contribution is 5.73. The number of ether oxygens (including phenoxy) is 2. The van der Waals surface area contributed by atoms with Crippen molar-refractivity contribution in [1.29, 1.82) is 0 Å². The van der Waals surface area contributed by atoms with Gasteiger partial charge >= 0.3 is 12.2 Å². The van der Waals surface area contributed by atoms with Crippen molar-refractivity contribution in [3.63, 3.8) is 0 Å². The van der Waals surface area contributed by atoms with Crippen molar-refractivity contribution in [2.75, 3.05) is 6.54 Å². The number of likely N-dealkylation sites (tertiary alicyclic amines) is 1. The summed E-state index contributed by atoms with van der Waals surface area (Å²) in [4.78, 5) is 25.6. The quantitative estimate of drug-likeness (QED) is 0.774. The molecule has 0 spiro atoms. The summed E-state index contributed by atoms with van der Waals surface area (Å²) in [6.45, 7) is 12.4. The summed E-state index contributed by atoms with van der Waals surface area (Å²) >= 11 is 0. The summed E-state index contributed by atoms with van der Waals surface area (Å²) in [6, 6.07) is 0. The fraction of sp³-hybridized carbons (Fsp3) is 0.867. The van der Waals surface area contributed by atoms with Crippen molar-refractivity contribution < 1.29 is 24.2 Å². The van der Waals surface area contributed by atoms with Gasteiger partial charge in [0.2, 0.25) is 0 Å². The first-order chi connectivity index (χ1) is 9.74. The van der Waals surface area contributed by atoms with E-state index in [1.54, 1.807) is 48.5 Å². The Morgan fingerprint density at radius 2 is 1.64 bits per heavy atom. The molecular formula is C15H28N2O5. The predicted molar refractivity (Wildman–Crippen MR) is 81.3 cm³/mol. The van der Waals surface area contributed by atoms with Gasteiger partial charge in [0, 0.05) is 6.54 Å². The van der Waals surface area contributed by atoms with Crippen LogP contribution in [0.15, 0.2) is 0 Å². The molecule has 1 rings (SSSR count). The minimum absolute atomic E-state index is 0.294. The van der Waals surface area contributed by atoms with Gasteiger partial charge in [0.25, 0.3) is 0 Å². The second-order valence-corrected chi connectivity index (χ2v) is 7.71. The van der Waals surface area contributed by atoms with Crippen molar-refractivity contribution in [2.24, 2.45) is 0 Å². The zero-order valence-electron chi connectivity index (χ0n) is 14.5. The smallest absolute Gasteiger partial charge is 0.412 e. The summed E-state index contributed by atoms with van der Waals surface area (Å²) in [5.41, 5.74) is -2.58. The van der Waals surface area contributed by atoms with Crippen LogP contribution in [0, 0.1) is 0 Å². The lowest BCUT2D eigenvalue weighted by Crippen LogP contribution is -2.63. The Morgan fingerprint density at radius 3 is 2.09 bits per heavy atom. The molecule has 1 fully saturated rings. The largest absolute Gasteiger partial charge is 0.444 e. The predicted octanol–water partition coefficient (Wildman–Crippen LogP) is 2.23. The number of aliphatic hydroxyl groups excluding tert-OH is 1. The van der Waals surface area contributed by atoms with Gasteiger partial charge in [-0.2, -0.15) is 0 Å². The van der Waals surface area contributed by atoms with E-state index in [0.717, 1.165) is 0 Å². The topological polar surface area (TPSA) is 88.1 Å². The van der Waals surface area contributed by atoms with E-state index in [2.05, 4.69) is 5.32 Å². The molecule has 2 amide bonds. The molecular weight excluding hydrogens is 288 g/mol. The molecule has 1 heterocycles. The molecule has 128 valence electrons. The zero-order valence-corrected chi connectivity index (χ0v) is 14.5. The molecule has 7 nitrogen and oxygen atoms in total. The van der Waals surface area contributed by atoms with Crippen molar-refractivity contribution in [1.82, 2.24) is 10.2 Å². The first-order valence-corrected chi connectivity index (χ1v) is 7.44. The van der Waals surface area contributed by atoms with Crippen LogP contribution in [-0.2, 0) is 9.47 Å². The summed E-state index contributed by atoms with van der Waals surface area (Å²) in [6.07, 6.45) is -1.81. The number of rotatable bonds is 1. The normalized spacial score (nSPS) is 25.8. The molecule has 1 saturated heterocycles. The average molecular weight is 316 g/mol. The molecule has 0 aromatic rings. The number of hydrogen-bond donors (Lipinski definition) is 2. The zero-order chi connectivity index (χ0) is 17.3. The van der Waals surface area contributed by atoms with Crippen LogP contribution < -0.4 is 5.32 Å². The van der Waals surface area contributed by atoms with E-state index >= 15 is 0 Å². The van der Waals surface area contributed by atoms with E-state index in [1.165, 1.54) is 4.90 Å². The van der Waals surface area contributed by atoms with Gasteiger partial charge in [-0.25, -0.2) is 9.59 Å². The molecule has 0 bridgehead atoms. The SMILES string of the molecule is CC(C)(C)OC(=O)NC1(C)C(O)CCN1C(=O)OC(C)(C)C. The molecule has 0 aromatic heterocycles. The van der Waals surface area contributed by atoms with E-state index in [9.17, 15) is 14.7 Å². The summed E-state index contributed by atoms with van der Waals surface area (Å²) < 4.78 is 10.5. The molecule has 0 aliphatic carbocycles. The van der Waals surface area contributed by atoms with Crippen molar-refractivity contribution in [3.05, 3.63) is 0 Å². The van der Waals surface area contributed by atoms with Crippen LogP contribution in [0.5, 0.6) is 0 Å². The van der Waals surface area contributed by atoms with Crippen LogP contribution in [-0.4, -0.2) is 51.7 Å². The molecule has 7 heteroatoms. The Hall–Kier alpha value is -1.50. The van der Waals surface area contributed by atoms with Crippen molar-refractivity contribution in [2.45, 2.75) is 77.9 Å². The molecule has 2 unspecified atom stereocenters. The van der Waals surface area contributed by atoms with E-state index in [4.69, 9.17) is 9.47 Å². The summed E-state index contributed by atoms with van der Waals surface area (Å²) in [5, 5.41) is 12.8. The highest BCUT2D eigenvalue weighted by atomic mass is 16.6. The summed E-state index contributed by atoms with van der Waals surface area (Å²) in [7, 11) is 0. The first-order valence-electron chi connectivity index (χ1n) is 7.44. The lowest BCUT2D eigenvalue weighted by atomic mass is 10.1. The third-order valence-electron chi connectivity index (χ3n) is 3.20. The van der Waals surface area contributed by atoms with E-state index in [-0.39, 0.29) is 0 Å². The molecule has 0 saturated carbocycles. The van der Waals surface area contributed by atoms with E-state index in [0.29, 0.717) is 13.0 Å². The fourth-order valence-corrected chi connectivity index (χ4v) is 2.20. The van der Waals surface area contributed by atoms with Crippen LogP contribution in [0.3, 0.4) is 0 Å². The minimum Gasteiger partial charge on any atom is -0.444 e. The Morgan fingerprint density at radius 1 is 1.14 bits per heavy atom. The second kappa shape index (κ2) is 5.95. The Labute approximate surface area is 131 Å². The van der Waals surface area contributed by atoms with E-state index in [1.807, 2.05) is 0 Å². The molecule has 22 heavy (non-hydrogen) atoms. The third kappa shape index (κ3) is 4.76. The van der Waals surface area contributed by atoms with Crippen LogP contribution >= 0.6 is 0 Å². The van der Waals surface area contributed by atoms with Crippen molar-refractivity contribution in [3.8, 4) is 0 Å². The van der Waals surface area contributed by atoms with Gasteiger partial charge in [0.15, 0.2) is 0 Å². The molecule has 2 N–H and O–H groups in total. The number of carbonyl (C=O) groups is 2. The standard InChI is InChI=1S/C15H28N2O5/c1-13(2,3)21-11(19)16-15(7)10(18)8-9-17(15)12(20)22-14(4,5)6/h10,18H,8-9H2,1-7H3,(H,16,19). The van der Waals surface area contributed by atoms with Gasteiger partial charge in [0.1, 0.15) is 16.9 Å². The maximum atomic E-state index is 12.3. The highest BCUT2D eigenvalue weighted by Gasteiger charge is 2.50. The maximum Gasteiger partial charge on any atom is 0.412 e. The highest BCUT2D eigenvalue weighted by Crippen LogP contribution is 2.29. The average Bonchev–Trinajstić information content (AvgIpc) is 2.49. The summed E-state index contributed by atoms with van der Waals surface area (Å²) in [5.74, 6) is 0. The van der Waals surface area contributed by atoms with Crippen molar-refractivity contribution >= 4 is 12.2 Å². The van der Waals surface area contributed by atoms with Gasteiger partial charge in [-0.15, -0.1) is 0 Å². The third-order valence-corrected chi connectivity index (χ3v) is 3.20. The Bertz CT molecular complexity index is 438. The number of hydrogen-bond acceptors (Lipinski definition) is 5. The molecule has 2 atom stereocenters. The minimum atomic E-state index is -1.26. The molecule has 0 radical (unpaired) electrons. The number of nitrogens with one attached hydrogen (secondary N) is 1. The van der Waals surface area contributed by atoms with E-state index < -0.39 is 35.2 Å². The van der Waals surface area contributed by atoms with Crippen LogP contribution in [0.4, 0.5) is 9.59 Å². The monoisotopic (exact) mass is 316 g/mol. The number of carbonyl (C=O) groups excluding carboxylic acids is 2. The van der Waals surface area contributed by atoms with Gasteiger partial charge in [-0.05, 0) is 54.9 Å². The number of alkyl carbamates (subject to hydrolysis) is 1. The van der Waals surface area contributed by atoms with Gasteiger partial charge in [-0.3, -0.25) is 10.2 Å². The molecule has 1 aliphatic heterocycles. The molecule has 1 aliphatic rings. The van der Waals surface area contributed by atoms with Gasteiger partial charge in [-0.1, -0.05) is 0 Å². The van der Waals surface area contributed by atoms with Crippen LogP contribution in [0.2, 0.25) is 0 Å². The number of nitrogens with zero attached hydrogens (tertiary/aromatic N) is 1.